The second-order valence-corrected chi connectivity index (χ2v) is 9.59. The second kappa shape index (κ2) is 10.3. The van der Waals surface area contributed by atoms with Crippen molar-refractivity contribution in [2.75, 3.05) is 26.3 Å². The van der Waals surface area contributed by atoms with E-state index in [1.54, 1.807) is 12.3 Å². The van der Waals surface area contributed by atoms with E-state index in [2.05, 4.69) is 31.7 Å². The zero-order valence-corrected chi connectivity index (χ0v) is 20.4. The highest BCUT2D eigenvalue weighted by Crippen LogP contribution is 2.36. The number of hydrogen-bond acceptors (Lipinski definition) is 5. The Morgan fingerprint density at radius 3 is 2.79 bits per heavy atom. The largest absolute Gasteiger partial charge is 0.378 e. The number of rotatable bonds is 5. The summed E-state index contributed by atoms with van der Waals surface area (Å²) in [4.78, 5) is 15.1. The van der Waals surface area contributed by atoms with E-state index in [9.17, 15) is 4.79 Å². The van der Waals surface area contributed by atoms with Gasteiger partial charge in [0.2, 0.25) is 0 Å². The fourth-order valence-electron chi connectivity index (χ4n) is 4.87. The highest BCUT2D eigenvalue weighted by Gasteiger charge is 2.26. The monoisotopic (exact) mass is 499 g/mol. The van der Waals surface area contributed by atoms with E-state index in [0.29, 0.717) is 29.0 Å². The summed E-state index contributed by atoms with van der Waals surface area (Å²) >= 11 is 12.5. The van der Waals surface area contributed by atoms with Gasteiger partial charge in [0.15, 0.2) is 5.69 Å². The van der Waals surface area contributed by atoms with Crippen LogP contribution in [-0.2, 0) is 17.6 Å². The summed E-state index contributed by atoms with van der Waals surface area (Å²) in [7, 11) is 0. The zero-order valence-electron chi connectivity index (χ0n) is 18.9. The van der Waals surface area contributed by atoms with Crippen molar-refractivity contribution in [1.82, 2.24) is 20.5 Å². The number of halogens is 2. The Balaban J connectivity index is 1.39. The smallest absolute Gasteiger partial charge is 0.292 e. The van der Waals surface area contributed by atoms with Crippen molar-refractivity contribution < 1.29 is 9.53 Å². The highest BCUT2D eigenvalue weighted by molar-refractivity contribution is 6.35. The van der Waals surface area contributed by atoms with Crippen molar-refractivity contribution in [3.63, 3.8) is 0 Å². The van der Waals surface area contributed by atoms with Crippen LogP contribution in [0.2, 0.25) is 10.0 Å². The first-order valence-corrected chi connectivity index (χ1v) is 12.5. The molecule has 2 aromatic rings. The van der Waals surface area contributed by atoms with Crippen molar-refractivity contribution in [3.8, 4) is 0 Å². The van der Waals surface area contributed by atoms with Gasteiger partial charge >= 0.3 is 0 Å². The van der Waals surface area contributed by atoms with Crippen LogP contribution in [0.4, 0.5) is 0 Å². The standard InChI is InChI=1S/C25H27Cl2N5O2/c26-19-8-7-16(21(27)14-19)13-17-5-6-18(24(17)32-9-11-34-12-10-32)15-28-31-25(33)23-20-3-1-2-4-22(20)29-30-23/h7-8,13-15H,1-6,9-12H2,(H,29,30)(H,31,33)/b17-13+,28-15-. The number of fused-ring (bicyclic) bond motifs is 1. The molecular formula is C25H27Cl2N5O2. The Bertz CT molecular complexity index is 1180. The number of benzene rings is 1. The lowest BCUT2D eigenvalue weighted by Crippen LogP contribution is -2.36. The van der Waals surface area contributed by atoms with Crippen LogP contribution >= 0.6 is 23.2 Å². The molecule has 2 heterocycles. The second-order valence-electron chi connectivity index (χ2n) is 8.74. The lowest BCUT2D eigenvalue weighted by Gasteiger charge is -2.31. The number of ether oxygens (including phenoxy) is 1. The Kier molecular flexibility index (Phi) is 7.04. The summed E-state index contributed by atoms with van der Waals surface area (Å²) in [6.45, 7) is 2.99. The number of allylic oxidation sites excluding steroid dienone is 2. The lowest BCUT2D eigenvalue weighted by molar-refractivity contribution is 0.0548. The average molecular weight is 500 g/mol. The number of aryl methyl sites for hydroxylation is 1. The number of aromatic amines is 1. The van der Waals surface area contributed by atoms with E-state index < -0.39 is 0 Å². The van der Waals surface area contributed by atoms with Gasteiger partial charge in [0, 0.05) is 40.1 Å². The molecule has 1 aromatic carbocycles. The van der Waals surface area contributed by atoms with Gasteiger partial charge in [0.25, 0.3) is 5.91 Å². The quantitative estimate of drug-likeness (QED) is 0.458. The molecule has 1 aliphatic heterocycles. The molecule has 0 bridgehead atoms. The van der Waals surface area contributed by atoms with E-state index >= 15 is 0 Å². The number of H-pyrrole nitrogens is 1. The SMILES string of the molecule is O=C(N/N=C\C1=C(N2CCOCC2)C(=C/c2ccc(Cl)cc2Cl)/CC1)c1n[nH]c2c1CCCC2. The molecule has 3 aliphatic rings. The van der Waals surface area contributed by atoms with E-state index in [1.807, 2.05) is 12.1 Å². The van der Waals surface area contributed by atoms with E-state index in [1.165, 1.54) is 5.57 Å². The van der Waals surface area contributed by atoms with Crippen LogP contribution in [0.25, 0.3) is 6.08 Å². The van der Waals surface area contributed by atoms with Crippen molar-refractivity contribution in [3.05, 3.63) is 67.6 Å². The fourth-order valence-corrected chi connectivity index (χ4v) is 5.33. The minimum absolute atomic E-state index is 0.272. The molecule has 1 aromatic heterocycles. The normalized spacial score (nSPS) is 19.8. The number of carbonyl (C=O) groups excluding carboxylic acids is 1. The molecule has 0 unspecified atom stereocenters. The number of aromatic nitrogens is 2. The maximum atomic E-state index is 12.7. The molecule has 2 aliphatic carbocycles. The molecule has 0 radical (unpaired) electrons. The molecule has 7 nitrogen and oxygen atoms in total. The third-order valence-electron chi connectivity index (χ3n) is 6.55. The number of hydrogen-bond donors (Lipinski definition) is 2. The summed E-state index contributed by atoms with van der Waals surface area (Å²) < 4.78 is 5.56. The third kappa shape index (κ3) is 4.92. The molecule has 34 heavy (non-hydrogen) atoms. The van der Waals surface area contributed by atoms with Gasteiger partial charge in [-0.1, -0.05) is 29.3 Å². The van der Waals surface area contributed by atoms with Crippen LogP contribution in [-0.4, -0.2) is 53.5 Å². The maximum absolute atomic E-state index is 12.7. The van der Waals surface area contributed by atoms with Gasteiger partial charge in [0.1, 0.15) is 0 Å². The summed E-state index contributed by atoms with van der Waals surface area (Å²) in [5.41, 5.74) is 9.59. The number of hydrazone groups is 1. The van der Waals surface area contributed by atoms with Crippen LogP contribution in [0.15, 0.2) is 40.1 Å². The Hall–Kier alpha value is -2.61. The fraction of sp³-hybridized carbons (Fsp3) is 0.400. The molecule has 0 atom stereocenters. The molecule has 9 heteroatoms. The lowest BCUT2D eigenvalue weighted by atomic mass is 9.96. The molecule has 0 saturated carbocycles. The molecule has 1 saturated heterocycles. The van der Waals surface area contributed by atoms with Gasteiger partial charge in [-0.25, -0.2) is 5.43 Å². The maximum Gasteiger partial charge on any atom is 0.292 e. The summed E-state index contributed by atoms with van der Waals surface area (Å²) in [6, 6.07) is 5.54. The minimum Gasteiger partial charge on any atom is -0.378 e. The number of amides is 1. The van der Waals surface area contributed by atoms with Crippen molar-refractivity contribution in [1.29, 1.82) is 0 Å². The van der Waals surface area contributed by atoms with Gasteiger partial charge in [-0.05, 0) is 73.4 Å². The topological polar surface area (TPSA) is 82.6 Å². The summed E-state index contributed by atoms with van der Waals surface area (Å²) in [5, 5.41) is 12.8. The van der Waals surface area contributed by atoms with Gasteiger partial charge < -0.3 is 9.64 Å². The number of morpholine rings is 1. The Morgan fingerprint density at radius 2 is 1.97 bits per heavy atom. The van der Waals surface area contributed by atoms with E-state index in [0.717, 1.165) is 79.7 Å². The molecule has 0 spiro atoms. The van der Waals surface area contributed by atoms with E-state index in [4.69, 9.17) is 27.9 Å². The minimum atomic E-state index is -0.272. The highest BCUT2D eigenvalue weighted by atomic mass is 35.5. The van der Waals surface area contributed by atoms with Crippen molar-refractivity contribution in [2.45, 2.75) is 38.5 Å². The molecule has 2 N–H and O–H groups in total. The number of carbonyl (C=O) groups is 1. The van der Waals surface area contributed by atoms with Crippen LogP contribution in [0, 0.1) is 0 Å². The number of nitrogens with zero attached hydrogens (tertiary/aromatic N) is 3. The van der Waals surface area contributed by atoms with E-state index in [-0.39, 0.29) is 5.91 Å². The molecular weight excluding hydrogens is 473 g/mol. The molecule has 1 fully saturated rings. The predicted octanol–water partition coefficient (Wildman–Crippen LogP) is 4.77. The number of nitrogens with one attached hydrogen (secondary N) is 2. The predicted molar refractivity (Wildman–Crippen MR) is 134 cm³/mol. The van der Waals surface area contributed by atoms with Crippen LogP contribution in [0.5, 0.6) is 0 Å². The van der Waals surface area contributed by atoms with Gasteiger partial charge in [-0.2, -0.15) is 10.2 Å². The van der Waals surface area contributed by atoms with Crippen molar-refractivity contribution in [2.24, 2.45) is 5.10 Å². The Morgan fingerprint density at radius 1 is 1.15 bits per heavy atom. The summed E-state index contributed by atoms with van der Waals surface area (Å²) in [5.74, 6) is -0.272. The van der Waals surface area contributed by atoms with Crippen LogP contribution in [0.3, 0.4) is 0 Å². The third-order valence-corrected chi connectivity index (χ3v) is 7.11. The first kappa shape index (κ1) is 23.1. The van der Waals surface area contributed by atoms with Gasteiger partial charge in [0.05, 0.1) is 19.4 Å². The average Bonchev–Trinajstić information content (AvgIpc) is 3.46. The first-order valence-electron chi connectivity index (χ1n) is 11.7. The summed E-state index contributed by atoms with van der Waals surface area (Å²) in [6.07, 6.45) is 9.63. The van der Waals surface area contributed by atoms with Crippen LogP contribution in [0.1, 0.15) is 53.0 Å². The van der Waals surface area contributed by atoms with Crippen LogP contribution < -0.4 is 5.43 Å². The van der Waals surface area contributed by atoms with Gasteiger partial charge in [-0.15, -0.1) is 0 Å². The molecule has 178 valence electrons. The van der Waals surface area contributed by atoms with Gasteiger partial charge in [-0.3, -0.25) is 9.89 Å². The van der Waals surface area contributed by atoms with Crippen molar-refractivity contribution >= 4 is 41.4 Å². The zero-order chi connectivity index (χ0) is 23.5. The molecule has 5 rings (SSSR count). The Labute approximate surface area is 208 Å². The first-order chi connectivity index (χ1) is 16.6. The molecule has 1 amide bonds.